The molecule has 220 valence electrons. The lowest BCUT2D eigenvalue weighted by atomic mass is 9.69. The lowest BCUT2D eigenvalue weighted by Crippen LogP contribution is -2.50. The molecule has 0 radical (unpaired) electrons. The Morgan fingerprint density at radius 1 is 1.05 bits per heavy atom. The average Bonchev–Trinajstić information content (AvgIpc) is 3.52. The van der Waals surface area contributed by atoms with Gasteiger partial charge in [-0.05, 0) is 72.8 Å². The Morgan fingerprint density at radius 3 is 2.42 bits per heavy atom. The number of H-pyrrole nitrogens is 1. The SMILES string of the molecule is CC1(C)[C@@H]2CC[C@@]1(CS(=O)(=O)N1CCC3(CCc4ccccc43)CC1)[C@@H](n1c(O)c(CCS(C)(=O)=O)[nH]c1=O)C2. The number of hydrogen-bond donors (Lipinski definition) is 2. The van der Waals surface area contributed by atoms with Crippen molar-refractivity contribution in [1.29, 1.82) is 0 Å². The summed E-state index contributed by atoms with van der Waals surface area (Å²) >= 11 is 0. The van der Waals surface area contributed by atoms with Crippen LogP contribution in [0.15, 0.2) is 29.1 Å². The summed E-state index contributed by atoms with van der Waals surface area (Å²) in [6, 6.07) is 8.08. The van der Waals surface area contributed by atoms with Gasteiger partial charge < -0.3 is 10.1 Å². The molecule has 0 amide bonds. The Balaban J connectivity index is 1.27. The highest BCUT2D eigenvalue weighted by molar-refractivity contribution is 7.90. The van der Waals surface area contributed by atoms with E-state index >= 15 is 0 Å². The van der Waals surface area contributed by atoms with E-state index in [1.54, 1.807) is 4.31 Å². The summed E-state index contributed by atoms with van der Waals surface area (Å²) in [6.45, 7) is 5.21. The molecule has 3 aliphatic carbocycles. The third-order valence-corrected chi connectivity index (χ3v) is 14.3. The highest BCUT2D eigenvalue weighted by Gasteiger charge is 2.66. The Bertz CT molecular complexity index is 1600. The van der Waals surface area contributed by atoms with Crippen LogP contribution in [0.5, 0.6) is 5.88 Å². The second kappa shape index (κ2) is 9.19. The van der Waals surface area contributed by atoms with Gasteiger partial charge in [0, 0.05) is 37.2 Å². The van der Waals surface area contributed by atoms with Gasteiger partial charge in [-0.15, -0.1) is 0 Å². The second-order valence-corrected chi connectivity index (χ2v) is 17.7. The number of aromatic amines is 1. The predicted octanol–water partition coefficient (Wildman–Crippen LogP) is 3.15. The van der Waals surface area contributed by atoms with Crippen molar-refractivity contribution in [2.24, 2.45) is 16.7 Å². The summed E-state index contributed by atoms with van der Waals surface area (Å²) in [4.78, 5) is 15.8. The molecule has 1 aromatic carbocycles. The molecule has 6 rings (SSSR count). The van der Waals surface area contributed by atoms with Gasteiger partial charge in [-0.1, -0.05) is 38.1 Å². The molecule has 9 nitrogen and oxygen atoms in total. The monoisotopic (exact) mass is 591 g/mol. The quantitative estimate of drug-likeness (QED) is 0.509. The van der Waals surface area contributed by atoms with Gasteiger partial charge in [-0.3, -0.25) is 4.57 Å². The van der Waals surface area contributed by atoms with E-state index in [2.05, 4.69) is 43.1 Å². The van der Waals surface area contributed by atoms with Gasteiger partial charge in [0.25, 0.3) is 0 Å². The third kappa shape index (κ3) is 4.21. The van der Waals surface area contributed by atoms with Crippen LogP contribution >= 0.6 is 0 Å². The normalized spacial score (nSPS) is 29.3. The number of sulfonamides is 1. The summed E-state index contributed by atoms with van der Waals surface area (Å²) < 4.78 is 54.7. The first-order chi connectivity index (χ1) is 18.7. The van der Waals surface area contributed by atoms with Gasteiger partial charge in [0.05, 0.1) is 17.2 Å². The van der Waals surface area contributed by atoms with E-state index in [-0.39, 0.29) is 46.2 Å². The number of piperidine rings is 1. The van der Waals surface area contributed by atoms with Crippen LogP contribution in [0.3, 0.4) is 0 Å². The number of aromatic nitrogens is 2. The number of sulfone groups is 1. The summed E-state index contributed by atoms with van der Waals surface area (Å²) in [7, 11) is -6.94. The topological polar surface area (TPSA) is 130 Å². The zero-order chi connectivity index (χ0) is 28.7. The predicted molar refractivity (Wildman–Crippen MR) is 154 cm³/mol. The average molecular weight is 592 g/mol. The van der Waals surface area contributed by atoms with Crippen LogP contribution < -0.4 is 5.69 Å². The number of rotatable bonds is 7. The summed E-state index contributed by atoms with van der Waals surface area (Å²) in [5.41, 5.74) is 1.44. The minimum absolute atomic E-state index is 0.00357. The largest absolute Gasteiger partial charge is 0.493 e. The smallest absolute Gasteiger partial charge is 0.328 e. The molecule has 0 unspecified atom stereocenters. The molecule has 11 heteroatoms. The fraction of sp³-hybridized carbons (Fsp3) is 0.690. The number of nitrogens with one attached hydrogen (secondary N) is 1. The van der Waals surface area contributed by atoms with Gasteiger partial charge in [0.15, 0.2) is 0 Å². The first-order valence-electron chi connectivity index (χ1n) is 14.5. The van der Waals surface area contributed by atoms with E-state index in [0.717, 1.165) is 38.4 Å². The molecule has 2 aromatic rings. The molecule has 2 N–H and O–H groups in total. The molecule has 1 aliphatic heterocycles. The number of nitrogens with zero attached hydrogens (tertiary/aromatic N) is 2. The molecule has 2 heterocycles. The standard InChI is InChI=1S/C29H41N3O6S2/c1-27(2)21-9-12-29(27,24(18-21)32-25(33)23(30-26(32)34)10-17-39(3,35)36)19-40(37,38)31-15-13-28(14-16-31)11-8-20-6-4-5-7-22(20)28/h4-7,21,24,33H,8-19H2,1-3H3,(H,30,34)/t21-,24+,29-/m1/s1. The molecule has 2 saturated carbocycles. The number of hydrogen-bond acceptors (Lipinski definition) is 6. The van der Waals surface area contributed by atoms with Crippen LogP contribution in [-0.4, -0.2) is 66.6 Å². The zero-order valence-corrected chi connectivity index (χ0v) is 25.3. The highest BCUT2D eigenvalue weighted by Crippen LogP contribution is 2.70. The molecule has 40 heavy (non-hydrogen) atoms. The first kappa shape index (κ1) is 28.0. The number of imidazole rings is 1. The van der Waals surface area contributed by atoms with Crippen molar-refractivity contribution >= 4 is 19.9 Å². The fourth-order valence-corrected chi connectivity index (χ4v) is 11.7. The van der Waals surface area contributed by atoms with E-state index in [0.29, 0.717) is 25.9 Å². The van der Waals surface area contributed by atoms with Crippen molar-refractivity contribution in [2.75, 3.05) is 30.9 Å². The lowest BCUT2D eigenvalue weighted by Gasteiger charge is -2.45. The molecule has 1 aromatic heterocycles. The molecule has 1 spiro atoms. The Kier molecular flexibility index (Phi) is 6.44. The van der Waals surface area contributed by atoms with Crippen molar-refractivity contribution in [3.8, 4) is 5.88 Å². The van der Waals surface area contributed by atoms with E-state index < -0.39 is 37.0 Å². The van der Waals surface area contributed by atoms with Crippen molar-refractivity contribution in [3.63, 3.8) is 0 Å². The van der Waals surface area contributed by atoms with Gasteiger partial charge in [-0.2, -0.15) is 0 Å². The lowest BCUT2D eigenvalue weighted by molar-refractivity contribution is 0.102. The van der Waals surface area contributed by atoms with Crippen LogP contribution in [0, 0.1) is 16.7 Å². The molecule has 1 saturated heterocycles. The zero-order valence-electron chi connectivity index (χ0n) is 23.6. The fourth-order valence-electron chi connectivity index (χ4n) is 8.86. The minimum atomic E-state index is -3.65. The maximum absolute atomic E-state index is 14.1. The van der Waals surface area contributed by atoms with Crippen LogP contribution in [-0.2, 0) is 38.1 Å². The van der Waals surface area contributed by atoms with Gasteiger partial charge in [0.2, 0.25) is 15.9 Å². The van der Waals surface area contributed by atoms with Gasteiger partial charge in [-0.25, -0.2) is 25.9 Å². The van der Waals surface area contributed by atoms with Crippen LogP contribution in [0.1, 0.15) is 75.2 Å². The van der Waals surface area contributed by atoms with Crippen molar-refractivity contribution in [3.05, 3.63) is 51.6 Å². The Morgan fingerprint density at radius 2 is 1.75 bits per heavy atom. The van der Waals surface area contributed by atoms with E-state index in [1.807, 2.05) is 0 Å². The number of aryl methyl sites for hydroxylation is 2. The van der Waals surface area contributed by atoms with Gasteiger partial charge >= 0.3 is 5.69 Å². The van der Waals surface area contributed by atoms with E-state index in [4.69, 9.17) is 0 Å². The van der Waals surface area contributed by atoms with E-state index in [1.165, 1.54) is 15.7 Å². The maximum atomic E-state index is 14.1. The minimum Gasteiger partial charge on any atom is -0.493 e. The molecule has 4 aliphatic rings. The molecular formula is C29H41N3O6S2. The summed E-state index contributed by atoms with van der Waals surface area (Å²) in [5.74, 6) is -0.292. The van der Waals surface area contributed by atoms with Crippen LogP contribution in [0.4, 0.5) is 0 Å². The number of fused-ring (bicyclic) bond motifs is 4. The molecular weight excluding hydrogens is 550 g/mol. The Hall–Kier alpha value is -2.11. The number of benzene rings is 1. The second-order valence-electron chi connectivity index (χ2n) is 13.4. The third-order valence-electron chi connectivity index (χ3n) is 11.4. The summed E-state index contributed by atoms with van der Waals surface area (Å²) in [6.07, 6.45) is 7.01. The molecule has 3 fully saturated rings. The van der Waals surface area contributed by atoms with Crippen molar-refractivity contribution in [1.82, 2.24) is 13.9 Å². The first-order valence-corrected chi connectivity index (χ1v) is 18.1. The molecule has 3 atom stereocenters. The Labute approximate surface area is 237 Å². The molecule has 2 bridgehead atoms. The van der Waals surface area contributed by atoms with Crippen molar-refractivity contribution < 1.29 is 21.9 Å². The van der Waals surface area contributed by atoms with Crippen LogP contribution in [0.2, 0.25) is 0 Å². The van der Waals surface area contributed by atoms with E-state index in [9.17, 15) is 26.7 Å². The highest BCUT2D eigenvalue weighted by atomic mass is 32.2. The van der Waals surface area contributed by atoms with Gasteiger partial charge in [0.1, 0.15) is 9.84 Å². The maximum Gasteiger partial charge on any atom is 0.328 e. The number of aromatic hydroxyl groups is 1. The van der Waals surface area contributed by atoms with Crippen molar-refractivity contribution in [2.45, 2.75) is 76.7 Å². The summed E-state index contributed by atoms with van der Waals surface area (Å²) in [5, 5.41) is 11.1. The van der Waals surface area contributed by atoms with Crippen LogP contribution in [0.25, 0.3) is 0 Å².